The zero-order valence-electron chi connectivity index (χ0n) is 17.4. The molecule has 2 heterocycles. The number of fused-ring (bicyclic) bond motifs is 1. The van der Waals surface area contributed by atoms with Gasteiger partial charge in [-0.3, -0.25) is 4.79 Å². The van der Waals surface area contributed by atoms with E-state index in [1.54, 1.807) is 31.3 Å². The number of piperidine rings is 1. The average Bonchev–Trinajstić information content (AvgIpc) is 2.76. The minimum atomic E-state index is -3.24. The molecule has 0 aliphatic carbocycles. The van der Waals surface area contributed by atoms with Gasteiger partial charge in [-0.1, -0.05) is 18.2 Å². The molecule has 8 heteroatoms. The molecule has 0 saturated carbocycles. The molecule has 0 radical (unpaired) electrons. The van der Waals surface area contributed by atoms with Crippen LogP contribution in [0.5, 0.6) is 5.75 Å². The van der Waals surface area contributed by atoms with Crippen LogP contribution in [0.2, 0.25) is 0 Å². The van der Waals surface area contributed by atoms with E-state index in [4.69, 9.17) is 4.74 Å². The molecule has 0 unspecified atom stereocenters. The standard InChI is InChI=1S/C23H23N3O4S/c1-25-21-6-4-3-5-19(21)22(20(15-24)23(25)27)26-13-11-17(12-14-26)30-16-7-9-18(10-8-16)31(2,28)29/h3-10,17H,11-14H2,1-2H3. The molecular weight excluding hydrogens is 414 g/mol. The van der Waals surface area contributed by atoms with Crippen molar-refractivity contribution >= 4 is 26.4 Å². The number of nitriles is 1. The van der Waals surface area contributed by atoms with Gasteiger partial charge in [0.25, 0.3) is 5.56 Å². The van der Waals surface area contributed by atoms with E-state index in [2.05, 4.69) is 11.0 Å². The number of anilines is 1. The minimum absolute atomic E-state index is 0.0244. The van der Waals surface area contributed by atoms with Crippen molar-refractivity contribution < 1.29 is 13.2 Å². The summed E-state index contributed by atoms with van der Waals surface area (Å²) in [5, 5.41) is 10.6. The van der Waals surface area contributed by atoms with Crippen molar-refractivity contribution in [2.75, 3.05) is 24.2 Å². The Balaban J connectivity index is 1.55. The molecule has 0 N–H and O–H groups in total. The summed E-state index contributed by atoms with van der Waals surface area (Å²) in [6.07, 6.45) is 2.60. The number of hydrogen-bond acceptors (Lipinski definition) is 6. The molecule has 1 aliphatic heterocycles. The molecule has 0 spiro atoms. The third-order valence-electron chi connectivity index (χ3n) is 5.70. The molecule has 0 atom stereocenters. The van der Waals surface area contributed by atoms with Gasteiger partial charge in [0.05, 0.1) is 16.1 Å². The fourth-order valence-electron chi connectivity index (χ4n) is 4.06. The number of pyridine rings is 1. The van der Waals surface area contributed by atoms with Crippen LogP contribution >= 0.6 is 0 Å². The number of rotatable bonds is 4. The second-order valence-corrected chi connectivity index (χ2v) is 9.78. The summed E-state index contributed by atoms with van der Waals surface area (Å²) in [5.41, 5.74) is 1.36. The molecule has 0 bridgehead atoms. The van der Waals surface area contributed by atoms with Crippen LogP contribution in [-0.2, 0) is 16.9 Å². The number of aromatic nitrogens is 1. The van der Waals surface area contributed by atoms with Crippen molar-refractivity contribution in [1.29, 1.82) is 5.26 Å². The molecular formula is C23H23N3O4S. The maximum Gasteiger partial charge on any atom is 0.270 e. The van der Waals surface area contributed by atoms with Crippen molar-refractivity contribution in [2.24, 2.45) is 7.05 Å². The molecule has 1 aliphatic rings. The summed E-state index contributed by atoms with van der Waals surface area (Å²) in [7, 11) is -1.55. The van der Waals surface area contributed by atoms with E-state index in [9.17, 15) is 18.5 Å². The fraction of sp³-hybridized carbons (Fsp3) is 0.304. The van der Waals surface area contributed by atoms with E-state index in [0.29, 0.717) is 24.5 Å². The van der Waals surface area contributed by atoms with Gasteiger partial charge >= 0.3 is 0 Å². The smallest absolute Gasteiger partial charge is 0.270 e. The molecule has 1 saturated heterocycles. The number of aryl methyl sites for hydroxylation is 1. The van der Waals surface area contributed by atoms with E-state index in [1.807, 2.05) is 24.3 Å². The lowest BCUT2D eigenvalue weighted by Crippen LogP contribution is -2.40. The van der Waals surface area contributed by atoms with Crippen LogP contribution in [0.25, 0.3) is 10.9 Å². The first-order valence-corrected chi connectivity index (χ1v) is 11.9. The maximum absolute atomic E-state index is 12.7. The van der Waals surface area contributed by atoms with Crippen LogP contribution in [0.1, 0.15) is 18.4 Å². The van der Waals surface area contributed by atoms with Crippen LogP contribution in [0, 0.1) is 11.3 Å². The maximum atomic E-state index is 12.7. The first-order chi connectivity index (χ1) is 14.8. The predicted octanol–water partition coefficient (Wildman–Crippen LogP) is 2.86. The fourth-order valence-corrected chi connectivity index (χ4v) is 4.69. The van der Waals surface area contributed by atoms with Gasteiger partial charge < -0.3 is 14.2 Å². The van der Waals surface area contributed by atoms with Gasteiger partial charge in [-0.05, 0) is 30.3 Å². The molecule has 1 aromatic heterocycles. The average molecular weight is 438 g/mol. The quantitative estimate of drug-likeness (QED) is 0.623. The van der Waals surface area contributed by atoms with Gasteiger partial charge in [0.2, 0.25) is 0 Å². The van der Waals surface area contributed by atoms with E-state index >= 15 is 0 Å². The van der Waals surface area contributed by atoms with Crippen LogP contribution < -0.4 is 15.2 Å². The summed E-state index contributed by atoms with van der Waals surface area (Å²) in [5.74, 6) is 0.627. The monoisotopic (exact) mass is 437 g/mol. The third-order valence-corrected chi connectivity index (χ3v) is 6.83. The molecule has 4 rings (SSSR count). The molecule has 2 aromatic carbocycles. The molecule has 1 fully saturated rings. The largest absolute Gasteiger partial charge is 0.490 e. The van der Waals surface area contributed by atoms with Gasteiger partial charge in [-0.15, -0.1) is 0 Å². The highest BCUT2D eigenvalue weighted by atomic mass is 32.2. The van der Waals surface area contributed by atoms with Crippen LogP contribution in [0.3, 0.4) is 0 Å². The lowest BCUT2D eigenvalue weighted by atomic mass is 10.0. The Labute approximate surface area is 181 Å². The summed E-state index contributed by atoms with van der Waals surface area (Å²) in [4.78, 5) is 15.1. The Morgan fingerprint density at radius 2 is 1.71 bits per heavy atom. The number of benzene rings is 2. The Hall–Kier alpha value is -3.31. The Bertz CT molecular complexity index is 1330. The lowest BCUT2D eigenvalue weighted by Gasteiger charge is -2.35. The topological polar surface area (TPSA) is 92.4 Å². The summed E-state index contributed by atoms with van der Waals surface area (Å²) in [6.45, 7) is 1.30. The number of sulfone groups is 1. The SMILES string of the molecule is Cn1c(=O)c(C#N)c(N2CCC(Oc3ccc(S(C)(=O)=O)cc3)CC2)c2ccccc21. The molecule has 31 heavy (non-hydrogen) atoms. The molecule has 0 amide bonds. The first-order valence-electron chi connectivity index (χ1n) is 10.0. The van der Waals surface area contributed by atoms with Gasteiger partial charge in [0, 0.05) is 44.6 Å². The Morgan fingerprint density at radius 1 is 1.06 bits per heavy atom. The third kappa shape index (κ3) is 4.01. The Morgan fingerprint density at radius 3 is 2.32 bits per heavy atom. The van der Waals surface area contributed by atoms with Crippen LogP contribution in [0.4, 0.5) is 5.69 Å². The zero-order chi connectivity index (χ0) is 22.2. The van der Waals surface area contributed by atoms with Crippen molar-refractivity contribution in [3.63, 3.8) is 0 Å². The van der Waals surface area contributed by atoms with E-state index in [0.717, 1.165) is 23.7 Å². The second kappa shape index (κ2) is 8.08. The van der Waals surface area contributed by atoms with Crippen molar-refractivity contribution in [3.8, 4) is 11.8 Å². The number of hydrogen-bond donors (Lipinski definition) is 0. The Kier molecular flexibility index (Phi) is 5.46. The normalized spacial score (nSPS) is 15.1. The highest BCUT2D eigenvalue weighted by Gasteiger charge is 2.26. The van der Waals surface area contributed by atoms with Crippen LogP contribution in [0.15, 0.2) is 58.2 Å². The van der Waals surface area contributed by atoms with E-state index in [-0.39, 0.29) is 22.1 Å². The summed E-state index contributed by atoms with van der Waals surface area (Å²) < 4.78 is 30.8. The van der Waals surface area contributed by atoms with Gasteiger partial charge in [0.1, 0.15) is 23.5 Å². The molecule has 160 valence electrons. The number of nitrogens with zero attached hydrogens (tertiary/aromatic N) is 3. The van der Waals surface area contributed by atoms with E-state index in [1.165, 1.54) is 10.8 Å². The summed E-state index contributed by atoms with van der Waals surface area (Å²) >= 11 is 0. The molecule has 7 nitrogen and oxygen atoms in total. The lowest BCUT2D eigenvalue weighted by molar-refractivity contribution is 0.171. The van der Waals surface area contributed by atoms with Gasteiger partial charge in [-0.2, -0.15) is 5.26 Å². The minimum Gasteiger partial charge on any atom is -0.490 e. The number of para-hydroxylation sites is 1. The van der Waals surface area contributed by atoms with Crippen molar-refractivity contribution in [1.82, 2.24) is 4.57 Å². The van der Waals surface area contributed by atoms with E-state index < -0.39 is 9.84 Å². The van der Waals surface area contributed by atoms with Gasteiger partial charge in [-0.25, -0.2) is 8.42 Å². The highest BCUT2D eigenvalue weighted by molar-refractivity contribution is 7.90. The first kappa shape index (κ1) is 20.9. The van der Waals surface area contributed by atoms with Crippen LogP contribution in [-0.4, -0.2) is 38.4 Å². The van der Waals surface area contributed by atoms with Crippen molar-refractivity contribution in [3.05, 3.63) is 64.4 Å². The molecule has 3 aromatic rings. The second-order valence-electron chi connectivity index (χ2n) is 7.76. The zero-order valence-corrected chi connectivity index (χ0v) is 18.2. The summed E-state index contributed by atoms with van der Waals surface area (Å²) in [6, 6.07) is 16.2. The van der Waals surface area contributed by atoms with Crippen molar-refractivity contribution in [2.45, 2.75) is 23.8 Å². The highest BCUT2D eigenvalue weighted by Crippen LogP contribution is 2.31. The number of ether oxygens (including phenoxy) is 1. The predicted molar refractivity (Wildman–Crippen MR) is 119 cm³/mol. The van der Waals surface area contributed by atoms with Gasteiger partial charge in [0.15, 0.2) is 9.84 Å².